The molecule has 118 valence electrons. The van der Waals surface area contributed by atoms with E-state index in [0.29, 0.717) is 19.8 Å². The largest absolute Gasteiger partial charge is 0.440 e. The fraction of sp³-hybridized carbons (Fsp3) is 0.917. The lowest BCUT2D eigenvalue weighted by molar-refractivity contribution is -0.374. The third kappa shape index (κ3) is 3.58. The third-order valence-electron chi connectivity index (χ3n) is 3.53. The average Bonchev–Trinajstić information content (AvgIpc) is 2.25. The lowest BCUT2D eigenvalue weighted by Crippen LogP contribution is -2.60. The van der Waals surface area contributed by atoms with Gasteiger partial charge in [0.05, 0.1) is 0 Å². The number of esters is 1. The fourth-order valence-electron chi connectivity index (χ4n) is 2.59. The quantitative estimate of drug-likeness (QED) is 0.571. The second-order valence-corrected chi connectivity index (χ2v) is 5.12. The van der Waals surface area contributed by atoms with Crippen molar-refractivity contribution >= 4 is 5.97 Å². The van der Waals surface area contributed by atoms with Gasteiger partial charge >= 0.3 is 23.9 Å². The zero-order chi connectivity index (χ0) is 15.6. The summed E-state index contributed by atoms with van der Waals surface area (Å²) >= 11 is 0. The molecule has 0 spiro atoms. The van der Waals surface area contributed by atoms with E-state index in [1.165, 1.54) is 0 Å². The van der Waals surface area contributed by atoms with Gasteiger partial charge in [0.2, 0.25) is 0 Å². The van der Waals surface area contributed by atoms with Crippen LogP contribution in [0.4, 0.5) is 26.3 Å². The summed E-state index contributed by atoms with van der Waals surface area (Å²) in [5, 5.41) is 0. The molecule has 0 unspecified atom stereocenters. The summed E-state index contributed by atoms with van der Waals surface area (Å²) in [7, 11) is 0. The zero-order valence-electron chi connectivity index (χ0n) is 10.9. The summed E-state index contributed by atoms with van der Waals surface area (Å²) in [6.07, 6.45) is -10.1. The van der Waals surface area contributed by atoms with Gasteiger partial charge in [0, 0.05) is 13.3 Å². The summed E-state index contributed by atoms with van der Waals surface area (Å²) in [6, 6.07) is 0. The number of hydrogen-bond acceptors (Lipinski definition) is 2. The topological polar surface area (TPSA) is 26.3 Å². The fourth-order valence-corrected chi connectivity index (χ4v) is 2.59. The average molecular weight is 306 g/mol. The van der Waals surface area contributed by atoms with Gasteiger partial charge in [0.1, 0.15) is 0 Å². The van der Waals surface area contributed by atoms with E-state index in [1.807, 2.05) is 0 Å². The smallest absolute Gasteiger partial charge is 0.437 e. The highest BCUT2D eigenvalue weighted by Gasteiger charge is 2.74. The molecule has 0 bridgehead atoms. The van der Waals surface area contributed by atoms with Crippen LogP contribution in [0.25, 0.3) is 0 Å². The lowest BCUT2D eigenvalue weighted by atomic mass is 9.80. The van der Waals surface area contributed by atoms with E-state index in [9.17, 15) is 31.1 Å². The van der Waals surface area contributed by atoms with Crippen molar-refractivity contribution in [2.24, 2.45) is 5.92 Å². The number of alkyl halides is 6. The molecular weight excluding hydrogens is 290 g/mol. The molecule has 8 heteroatoms. The Morgan fingerprint density at radius 2 is 1.45 bits per heavy atom. The Morgan fingerprint density at radius 3 is 1.80 bits per heavy atom. The lowest BCUT2D eigenvalue weighted by Gasteiger charge is -2.39. The van der Waals surface area contributed by atoms with Gasteiger partial charge in [0.25, 0.3) is 0 Å². The van der Waals surface area contributed by atoms with Crippen molar-refractivity contribution in [3.8, 4) is 0 Å². The van der Waals surface area contributed by atoms with E-state index in [4.69, 9.17) is 0 Å². The van der Waals surface area contributed by atoms with Gasteiger partial charge < -0.3 is 4.74 Å². The van der Waals surface area contributed by atoms with Crippen LogP contribution >= 0.6 is 0 Å². The number of carbonyl (C=O) groups is 1. The zero-order valence-corrected chi connectivity index (χ0v) is 10.9. The van der Waals surface area contributed by atoms with Crippen molar-refractivity contribution in [2.45, 2.75) is 63.4 Å². The van der Waals surface area contributed by atoms with E-state index in [-0.39, 0.29) is 12.8 Å². The van der Waals surface area contributed by atoms with E-state index in [0.717, 1.165) is 6.42 Å². The van der Waals surface area contributed by atoms with Crippen molar-refractivity contribution in [3.63, 3.8) is 0 Å². The second-order valence-electron chi connectivity index (χ2n) is 5.12. The summed E-state index contributed by atoms with van der Waals surface area (Å²) in [5.41, 5.74) is -4.39. The van der Waals surface area contributed by atoms with Gasteiger partial charge in [-0.2, -0.15) is 26.3 Å². The van der Waals surface area contributed by atoms with Crippen molar-refractivity contribution in [1.29, 1.82) is 0 Å². The molecule has 0 aliphatic heterocycles. The minimum atomic E-state index is -5.69. The maximum atomic E-state index is 13.0. The summed E-state index contributed by atoms with van der Waals surface area (Å²) in [6.45, 7) is 0.549. The minimum Gasteiger partial charge on any atom is -0.440 e. The van der Waals surface area contributed by atoms with E-state index in [2.05, 4.69) is 4.74 Å². The second kappa shape index (κ2) is 5.81. The predicted molar refractivity (Wildman–Crippen MR) is 57.8 cm³/mol. The molecule has 1 aliphatic carbocycles. The first-order chi connectivity index (χ1) is 8.99. The number of halogens is 6. The van der Waals surface area contributed by atoms with E-state index >= 15 is 0 Å². The number of carbonyl (C=O) groups excluding carboxylic acids is 1. The van der Waals surface area contributed by atoms with Crippen LogP contribution in [0.1, 0.15) is 45.4 Å². The molecule has 1 fully saturated rings. The molecule has 0 amide bonds. The first kappa shape index (κ1) is 17.1. The predicted octanol–water partition coefficient (Wildman–Crippen LogP) is 4.38. The van der Waals surface area contributed by atoms with Gasteiger partial charge in [-0.3, -0.25) is 4.79 Å². The normalized spacial score (nSPS) is 18.9. The van der Waals surface area contributed by atoms with Gasteiger partial charge in [-0.05, 0) is 5.92 Å². The number of hydrogen-bond donors (Lipinski definition) is 0. The Hall–Kier alpha value is -0.950. The SMILES string of the molecule is CC(=O)OC(CC1CCCCC1)(C(F)(F)F)C(F)(F)F. The molecule has 1 rings (SSSR count). The highest BCUT2D eigenvalue weighted by Crippen LogP contribution is 2.51. The van der Waals surface area contributed by atoms with Crippen LogP contribution in [0, 0.1) is 5.92 Å². The van der Waals surface area contributed by atoms with Crippen LogP contribution in [0.3, 0.4) is 0 Å². The number of rotatable bonds is 3. The Bertz CT molecular complexity index is 327. The van der Waals surface area contributed by atoms with Gasteiger partial charge in [-0.1, -0.05) is 32.1 Å². The molecule has 0 atom stereocenters. The van der Waals surface area contributed by atoms with Crippen molar-refractivity contribution in [1.82, 2.24) is 0 Å². The molecule has 1 aliphatic rings. The highest BCUT2D eigenvalue weighted by molar-refractivity contribution is 5.66. The molecule has 0 heterocycles. The van der Waals surface area contributed by atoms with Crippen LogP contribution in [0.2, 0.25) is 0 Å². The molecule has 1 saturated carbocycles. The van der Waals surface area contributed by atoms with Crippen LogP contribution in [0.15, 0.2) is 0 Å². The van der Waals surface area contributed by atoms with Crippen LogP contribution < -0.4 is 0 Å². The van der Waals surface area contributed by atoms with Crippen molar-refractivity contribution < 1.29 is 35.9 Å². The van der Waals surface area contributed by atoms with Gasteiger partial charge in [-0.25, -0.2) is 0 Å². The first-order valence-electron chi connectivity index (χ1n) is 6.32. The Kier molecular flexibility index (Phi) is 4.97. The molecule has 20 heavy (non-hydrogen) atoms. The Labute approximate surface area is 112 Å². The molecule has 0 N–H and O–H groups in total. The van der Waals surface area contributed by atoms with Crippen LogP contribution in [-0.2, 0) is 9.53 Å². The maximum Gasteiger partial charge on any atom is 0.437 e. The van der Waals surface area contributed by atoms with Crippen LogP contribution in [-0.4, -0.2) is 23.9 Å². The molecule has 0 aromatic heterocycles. The van der Waals surface area contributed by atoms with Gasteiger partial charge in [0.15, 0.2) is 0 Å². The third-order valence-corrected chi connectivity index (χ3v) is 3.53. The standard InChI is InChI=1S/C12H16F6O2/c1-8(19)20-10(11(13,14)15,12(16,17)18)7-9-5-3-2-4-6-9/h9H,2-7H2,1H3. The summed E-state index contributed by atoms with van der Waals surface area (Å²) in [5.74, 6) is -2.33. The van der Waals surface area contributed by atoms with Crippen molar-refractivity contribution in [2.75, 3.05) is 0 Å². The molecule has 0 aromatic rings. The summed E-state index contributed by atoms with van der Waals surface area (Å²) < 4.78 is 81.7. The maximum absolute atomic E-state index is 13.0. The molecule has 0 aromatic carbocycles. The molecule has 2 nitrogen and oxygen atoms in total. The monoisotopic (exact) mass is 306 g/mol. The van der Waals surface area contributed by atoms with Crippen LogP contribution in [0.5, 0.6) is 0 Å². The Morgan fingerprint density at radius 1 is 1.00 bits per heavy atom. The molecular formula is C12H16F6O2. The first-order valence-corrected chi connectivity index (χ1v) is 6.32. The molecule has 0 saturated heterocycles. The van der Waals surface area contributed by atoms with Crippen molar-refractivity contribution in [3.05, 3.63) is 0 Å². The van der Waals surface area contributed by atoms with Gasteiger partial charge in [-0.15, -0.1) is 0 Å². The minimum absolute atomic E-state index is 0.287. The molecule has 0 radical (unpaired) electrons. The van der Waals surface area contributed by atoms with E-state index in [1.54, 1.807) is 0 Å². The summed E-state index contributed by atoms with van der Waals surface area (Å²) in [4.78, 5) is 10.8. The van der Waals surface area contributed by atoms with E-state index < -0.39 is 36.3 Å². The Balaban J connectivity index is 3.11. The highest BCUT2D eigenvalue weighted by atomic mass is 19.4. The number of ether oxygens (including phenoxy) is 1.